The van der Waals surface area contributed by atoms with Gasteiger partial charge in [0, 0.05) is 29.6 Å². The number of nitrogens with zero attached hydrogens (tertiary/aromatic N) is 3. The van der Waals surface area contributed by atoms with Crippen LogP contribution in [0.4, 0.5) is 15.8 Å². The molecule has 170 valence electrons. The van der Waals surface area contributed by atoms with Crippen molar-refractivity contribution in [1.82, 2.24) is 10.3 Å². The highest BCUT2D eigenvalue weighted by atomic mass is 32.1. The smallest absolute Gasteiger partial charge is 0.270 e. The summed E-state index contributed by atoms with van der Waals surface area (Å²) in [7, 11) is 0. The molecule has 0 radical (unpaired) electrons. The minimum Gasteiger partial charge on any atom is -0.459 e. The van der Waals surface area contributed by atoms with Gasteiger partial charge in [0.2, 0.25) is 0 Å². The fourth-order valence-corrected chi connectivity index (χ4v) is 4.49. The number of furan rings is 1. The molecule has 4 aromatic rings. The number of halogens is 1. The first kappa shape index (κ1) is 21.7. The Kier molecular flexibility index (Phi) is 5.54. The van der Waals surface area contributed by atoms with Crippen LogP contribution in [0.15, 0.2) is 83.4 Å². The van der Waals surface area contributed by atoms with Crippen molar-refractivity contribution >= 4 is 28.7 Å². The second kappa shape index (κ2) is 8.68. The SMILES string of the molecule is Cc1cc(N2C(=S)N[C@@H](c3ccccn3)[C@H]2c2ccc(-c3cccc([N+](=O)[O-])c3)o2)ccc1F. The zero-order valence-corrected chi connectivity index (χ0v) is 18.8. The van der Waals surface area contributed by atoms with Gasteiger partial charge in [0.15, 0.2) is 5.11 Å². The molecule has 0 spiro atoms. The molecule has 7 nitrogen and oxygen atoms in total. The van der Waals surface area contributed by atoms with Gasteiger partial charge in [0.1, 0.15) is 23.4 Å². The van der Waals surface area contributed by atoms with E-state index in [9.17, 15) is 14.5 Å². The third kappa shape index (κ3) is 3.90. The minimum atomic E-state index is -0.442. The number of benzene rings is 2. The van der Waals surface area contributed by atoms with Crippen molar-refractivity contribution in [2.75, 3.05) is 4.90 Å². The summed E-state index contributed by atoms with van der Waals surface area (Å²) in [5.74, 6) is 0.781. The van der Waals surface area contributed by atoms with Crippen molar-refractivity contribution in [3.05, 3.63) is 112 Å². The second-order valence-electron chi connectivity index (χ2n) is 7.94. The number of anilines is 1. The highest BCUT2D eigenvalue weighted by Gasteiger charge is 2.42. The van der Waals surface area contributed by atoms with Crippen molar-refractivity contribution in [3.63, 3.8) is 0 Å². The Morgan fingerprint density at radius 3 is 2.71 bits per heavy atom. The molecule has 0 amide bonds. The molecule has 1 aliphatic heterocycles. The van der Waals surface area contributed by atoms with Crippen molar-refractivity contribution in [3.8, 4) is 11.3 Å². The van der Waals surface area contributed by atoms with Gasteiger partial charge in [-0.3, -0.25) is 15.1 Å². The lowest BCUT2D eigenvalue weighted by Gasteiger charge is -2.26. The molecule has 2 aromatic carbocycles. The van der Waals surface area contributed by atoms with Gasteiger partial charge in [-0.2, -0.15) is 0 Å². The summed E-state index contributed by atoms with van der Waals surface area (Å²) in [6.45, 7) is 1.70. The molecular weight excluding hydrogens is 455 g/mol. The zero-order chi connectivity index (χ0) is 23.8. The number of rotatable bonds is 5. The molecule has 5 rings (SSSR count). The molecule has 2 atom stereocenters. The summed E-state index contributed by atoms with van der Waals surface area (Å²) >= 11 is 5.68. The lowest BCUT2D eigenvalue weighted by atomic mass is 10.0. The van der Waals surface area contributed by atoms with E-state index in [0.29, 0.717) is 33.4 Å². The van der Waals surface area contributed by atoms with Gasteiger partial charge < -0.3 is 14.6 Å². The van der Waals surface area contributed by atoms with Crippen LogP contribution in [0.1, 0.15) is 29.1 Å². The molecule has 2 aromatic heterocycles. The Morgan fingerprint density at radius 2 is 1.97 bits per heavy atom. The second-order valence-corrected chi connectivity index (χ2v) is 8.33. The number of aryl methyl sites for hydroxylation is 1. The monoisotopic (exact) mass is 474 g/mol. The Labute approximate surface area is 200 Å². The fourth-order valence-electron chi connectivity index (χ4n) is 4.14. The minimum absolute atomic E-state index is 0.0195. The van der Waals surface area contributed by atoms with Crippen molar-refractivity contribution in [2.45, 2.75) is 19.0 Å². The first-order valence-corrected chi connectivity index (χ1v) is 10.9. The number of nitro groups is 1. The molecule has 1 N–H and O–H groups in total. The van der Waals surface area contributed by atoms with E-state index in [1.54, 1.807) is 43.5 Å². The van der Waals surface area contributed by atoms with Crippen LogP contribution in [-0.4, -0.2) is 15.0 Å². The maximum atomic E-state index is 14.0. The average Bonchev–Trinajstić information content (AvgIpc) is 3.46. The van der Waals surface area contributed by atoms with Crippen LogP contribution in [0.5, 0.6) is 0 Å². The molecular formula is C25H19FN4O3S. The highest BCUT2D eigenvalue weighted by molar-refractivity contribution is 7.80. The molecule has 0 aliphatic carbocycles. The number of pyridine rings is 1. The Morgan fingerprint density at radius 1 is 1.12 bits per heavy atom. The lowest BCUT2D eigenvalue weighted by molar-refractivity contribution is -0.384. The molecule has 3 heterocycles. The van der Waals surface area contributed by atoms with Gasteiger partial charge in [0.05, 0.1) is 16.7 Å². The first-order valence-electron chi connectivity index (χ1n) is 10.5. The van der Waals surface area contributed by atoms with Gasteiger partial charge in [-0.25, -0.2) is 4.39 Å². The van der Waals surface area contributed by atoms with Crippen molar-refractivity contribution in [1.29, 1.82) is 0 Å². The van der Waals surface area contributed by atoms with Gasteiger partial charge in [-0.05, 0) is 67.2 Å². The quantitative estimate of drug-likeness (QED) is 0.220. The van der Waals surface area contributed by atoms with Gasteiger partial charge in [-0.15, -0.1) is 0 Å². The Balaban J connectivity index is 1.60. The van der Waals surface area contributed by atoms with Crippen LogP contribution in [0, 0.1) is 22.9 Å². The van der Waals surface area contributed by atoms with E-state index in [1.807, 2.05) is 29.2 Å². The normalized spacial score (nSPS) is 17.6. The first-order chi connectivity index (χ1) is 16.4. The predicted octanol–water partition coefficient (Wildman–Crippen LogP) is 5.87. The summed E-state index contributed by atoms with van der Waals surface area (Å²) in [6, 6.07) is 19.6. The van der Waals surface area contributed by atoms with E-state index in [4.69, 9.17) is 16.6 Å². The van der Waals surface area contributed by atoms with Crippen LogP contribution < -0.4 is 10.2 Å². The van der Waals surface area contributed by atoms with Crippen LogP contribution in [0.3, 0.4) is 0 Å². The third-order valence-corrected chi connectivity index (χ3v) is 6.09. The molecule has 1 aliphatic rings. The van der Waals surface area contributed by atoms with Gasteiger partial charge >= 0.3 is 0 Å². The topological polar surface area (TPSA) is 84.4 Å². The average molecular weight is 475 g/mol. The van der Waals surface area contributed by atoms with Gasteiger partial charge in [-0.1, -0.05) is 18.2 Å². The largest absolute Gasteiger partial charge is 0.459 e. The highest BCUT2D eigenvalue weighted by Crippen LogP contribution is 2.43. The van der Waals surface area contributed by atoms with E-state index < -0.39 is 11.0 Å². The number of non-ortho nitro benzene ring substituents is 1. The van der Waals surface area contributed by atoms with Crippen LogP contribution in [-0.2, 0) is 0 Å². The van der Waals surface area contributed by atoms with E-state index >= 15 is 0 Å². The number of hydrogen-bond acceptors (Lipinski definition) is 5. The number of aromatic nitrogens is 1. The van der Waals surface area contributed by atoms with Crippen LogP contribution in [0.2, 0.25) is 0 Å². The fraction of sp³-hybridized carbons (Fsp3) is 0.120. The maximum absolute atomic E-state index is 14.0. The molecule has 1 saturated heterocycles. The maximum Gasteiger partial charge on any atom is 0.270 e. The number of nitrogens with one attached hydrogen (secondary N) is 1. The molecule has 0 saturated carbocycles. The molecule has 0 unspecified atom stereocenters. The van der Waals surface area contributed by atoms with E-state index in [-0.39, 0.29) is 17.5 Å². The predicted molar refractivity (Wildman–Crippen MR) is 130 cm³/mol. The zero-order valence-electron chi connectivity index (χ0n) is 18.0. The summed E-state index contributed by atoms with van der Waals surface area (Å²) in [6.07, 6.45) is 1.71. The Hall–Kier alpha value is -4.11. The van der Waals surface area contributed by atoms with E-state index in [2.05, 4.69) is 10.3 Å². The van der Waals surface area contributed by atoms with E-state index in [1.165, 1.54) is 18.2 Å². The summed E-state index contributed by atoms with van der Waals surface area (Å²) in [5, 5.41) is 15.0. The lowest BCUT2D eigenvalue weighted by Crippen LogP contribution is -2.29. The molecule has 34 heavy (non-hydrogen) atoms. The van der Waals surface area contributed by atoms with Crippen molar-refractivity contribution in [2.24, 2.45) is 0 Å². The summed E-state index contributed by atoms with van der Waals surface area (Å²) < 4.78 is 20.2. The molecule has 0 bridgehead atoms. The summed E-state index contributed by atoms with van der Waals surface area (Å²) in [4.78, 5) is 17.1. The number of hydrogen-bond donors (Lipinski definition) is 1. The number of nitro benzene ring substituents is 1. The van der Waals surface area contributed by atoms with Gasteiger partial charge in [0.25, 0.3) is 5.69 Å². The Bertz CT molecular complexity index is 1390. The van der Waals surface area contributed by atoms with Crippen molar-refractivity contribution < 1.29 is 13.7 Å². The van der Waals surface area contributed by atoms with Crippen LogP contribution in [0.25, 0.3) is 11.3 Å². The summed E-state index contributed by atoms with van der Waals surface area (Å²) in [5.41, 5.74) is 2.55. The standard InChI is InChI=1S/C25H19FN4O3S/c1-15-13-17(8-9-19(15)26)29-24(23(28-25(29)34)20-7-2-3-12-27-20)22-11-10-21(33-22)16-5-4-6-18(14-16)30(31)32/h2-14,23-24H,1H3,(H,28,34)/t23-,24+/m0/s1. The number of thiocarbonyl (C=S) groups is 1. The van der Waals surface area contributed by atoms with E-state index in [0.717, 1.165) is 5.69 Å². The van der Waals surface area contributed by atoms with Crippen LogP contribution >= 0.6 is 12.2 Å². The molecule has 9 heteroatoms. The molecule has 1 fully saturated rings. The third-order valence-electron chi connectivity index (χ3n) is 5.78.